The van der Waals surface area contributed by atoms with Gasteiger partial charge < -0.3 is 19.2 Å². The number of hydrogen-bond donors (Lipinski definition) is 2. The molecule has 7 nitrogen and oxygen atoms in total. The van der Waals surface area contributed by atoms with Crippen molar-refractivity contribution in [3.05, 3.63) is 40.2 Å². The van der Waals surface area contributed by atoms with Gasteiger partial charge in [-0.05, 0) is 37.5 Å². The zero-order chi connectivity index (χ0) is 17.6. The fourth-order valence-corrected chi connectivity index (χ4v) is 2.91. The molecular formula is C18H22N2O5. The largest absolute Gasteiger partial charge is 0.450 e. The van der Waals surface area contributed by atoms with Crippen LogP contribution in [0.5, 0.6) is 0 Å². The Balaban J connectivity index is 1.74. The van der Waals surface area contributed by atoms with Crippen LogP contribution in [0.1, 0.15) is 25.3 Å². The van der Waals surface area contributed by atoms with Gasteiger partial charge in [-0.25, -0.2) is 9.59 Å². The Morgan fingerprint density at radius 1 is 1.36 bits per heavy atom. The van der Waals surface area contributed by atoms with Gasteiger partial charge in [0, 0.05) is 42.9 Å². The zero-order valence-corrected chi connectivity index (χ0v) is 14.2. The molecule has 0 spiro atoms. The summed E-state index contributed by atoms with van der Waals surface area (Å²) in [6, 6.07) is 6.69. The number of amides is 1. The second-order valence-corrected chi connectivity index (χ2v) is 5.91. The predicted octanol–water partition coefficient (Wildman–Crippen LogP) is 2.63. The first-order valence-corrected chi connectivity index (χ1v) is 8.48. The van der Waals surface area contributed by atoms with Gasteiger partial charge in [-0.15, -0.1) is 0 Å². The van der Waals surface area contributed by atoms with Crippen molar-refractivity contribution in [2.75, 3.05) is 25.1 Å². The molecule has 1 fully saturated rings. The molecule has 134 valence electrons. The number of rotatable bonds is 6. The molecule has 0 unspecified atom stereocenters. The maximum atomic E-state index is 11.8. The van der Waals surface area contributed by atoms with Crippen LogP contribution < -0.4 is 16.3 Å². The van der Waals surface area contributed by atoms with Crippen LogP contribution in [0.4, 0.5) is 10.5 Å². The molecule has 3 rings (SSSR count). The number of benzene rings is 1. The van der Waals surface area contributed by atoms with E-state index in [1.807, 2.05) is 6.07 Å². The van der Waals surface area contributed by atoms with Gasteiger partial charge in [0.15, 0.2) is 0 Å². The zero-order valence-electron chi connectivity index (χ0n) is 14.2. The first-order chi connectivity index (χ1) is 12.2. The molecule has 1 aromatic carbocycles. The number of nitrogens with one attached hydrogen (secondary N) is 2. The first kappa shape index (κ1) is 17.4. The highest BCUT2D eigenvalue weighted by Gasteiger charge is 2.15. The van der Waals surface area contributed by atoms with Crippen molar-refractivity contribution in [3.63, 3.8) is 0 Å². The average Bonchev–Trinajstić information content (AvgIpc) is 3.08. The van der Waals surface area contributed by atoms with E-state index in [-0.39, 0.29) is 12.7 Å². The third kappa shape index (κ3) is 4.58. The van der Waals surface area contributed by atoms with Gasteiger partial charge in [0.05, 0.1) is 12.7 Å². The van der Waals surface area contributed by atoms with Crippen LogP contribution in [-0.2, 0) is 16.0 Å². The van der Waals surface area contributed by atoms with Crippen molar-refractivity contribution in [3.8, 4) is 0 Å². The third-order valence-corrected chi connectivity index (χ3v) is 4.06. The van der Waals surface area contributed by atoms with Gasteiger partial charge in [0.1, 0.15) is 5.58 Å². The van der Waals surface area contributed by atoms with E-state index in [0.29, 0.717) is 17.8 Å². The molecule has 7 heteroatoms. The summed E-state index contributed by atoms with van der Waals surface area (Å²) in [6.45, 7) is 4.14. The molecule has 1 amide bonds. The minimum atomic E-state index is -0.543. The van der Waals surface area contributed by atoms with E-state index in [9.17, 15) is 9.59 Å². The van der Waals surface area contributed by atoms with Gasteiger partial charge in [-0.1, -0.05) is 0 Å². The summed E-state index contributed by atoms with van der Waals surface area (Å²) < 4.78 is 15.7. The van der Waals surface area contributed by atoms with Crippen LogP contribution in [0.15, 0.2) is 33.5 Å². The van der Waals surface area contributed by atoms with Crippen molar-refractivity contribution in [2.45, 2.75) is 32.4 Å². The van der Waals surface area contributed by atoms with E-state index >= 15 is 0 Å². The maximum absolute atomic E-state index is 11.8. The Morgan fingerprint density at radius 3 is 3.00 bits per heavy atom. The van der Waals surface area contributed by atoms with E-state index in [1.165, 1.54) is 6.07 Å². The van der Waals surface area contributed by atoms with Gasteiger partial charge in [-0.3, -0.25) is 5.32 Å². The number of fused-ring (bicyclic) bond motifs is 1. The normalized spacial score (nSPS) is 16.9. The van der Waals surface area contributed by atoms with E-state index < -0.39 is 11.7 Å². The van der Waals surface area contributed by atoms with Crippen LogP contribution in [-0.4, -0.2) is 32.0 Å². The van der Waals surface area contributed by atoms with Crippen molar-refractivity contribution in [1.82, 2.24) is 5.32 Å². The lowest BCUT2D eigenvalue weighted by Gasteiger charge is -2.12. The lowest BCUT2D eigenvalue weighted by molar-refractivity contribution is 0.110. The van der Waals surface area contributed by atoms with Gasteiger partial charge in [0.2, 0.25) is 0 Å². The summed E-state index contributed by atoms with van der Waals surface area (Å²) in [6.07, 6.45) is 1.86. The summed E-state index contributed by atoms with van der Waals surface area (Å²) in [5.74, 6) is 0. The number of carbonyl (C=O) groups excluding carboxylic acids is 1. The molecule has 0 bridgehead atoms. The molecule has 1 aliphatic rings. The molecular weight excluding hydrogens is 324 g/mol. The molecule has 1 aliphatic heterocycles. The quantitative estimate of drug-likeness (QED) is 0.782. The molecule has 0 saturated carbocycles. The van der Waals surface area contributed by atoms with Crippen molar-refractivity contribution in [1.29, 1.82) is 0 Å². The fraction of sp³-hybridized carbons (Fsp3) is 0.444. The first-order valence-electron chi connectivity index (χ1n) is 8.48. The van der Waals surface area contributed by atoms with Crippen molar-refractivity contribution >= 4 is 22.7 Å². The summed E-state index contributed by atoms with van der Waals surface area (Å²) in [7, 11) is 0. The molecule has 0 radical (unpaired) electrons. The van der Waals surface area contributed by atoms with Gasteiger partial charge >= 0.3 is 11.7 Å². The van der Waals surface area contributed by atoms with Gasteiger partial charge in [-0.2, -0.15) is 0 Å². The van der Waals surface area contributed by atoms with Crippen molar-refractivity contribution < 1.29 is 18.7 Å². The number of hydrogen-bond acceptors (Lipinski definition) is 6. The highest BCUT2D eigenvalue weighted by Crippen LogP contribution is 2.21. The minimum absolute atomic E-state index is 0.242. The maximum Gasteiger partial charge on any atom is 0.411 e. The molecule has 1 atom stereocenters. The van der Waals surface area contributed by atoms with Crippen LogP contribution in [0, 0.1) is 0 Å². The highest BCUT2D eigenvalue weighted by molar-refractivity contribution is 5.89. The Hall–Kier alpha value is -2.38. The van der Waals surface area contributed by atoms with Crippen LogP contribution in [0.25, 0.3) is 11.0 Å². The van der Waals surface area contributed by atoms with Crippen molar-refractivity contribution in [2.24, 2.45) is 0 Å². The summed E-state index contributed by atoms with van der Waals surface area (Å²) in [4.78, 5) is 23.3. The predicted molar refractivity (Wildman–Crippen MR) is 93.8 cm³/mol. The van der Waals surface area contributed by atoms with Crippen LogP contribution in [0.2, 0.25) is 0 Å². The number of anilines is 1. The lowest BCUT2D eigenvalue weighted by atomic mass is 10.1. The molecule has 2 heterocycles. The standard InChI is InChI=1S/C18H22N2O5/c1-2-23-18(22)20-13-5-6-15-12(8-17(21)25-16(15)9-13)10-19-11-14-4-3-7-24-14/h5-6,8-9,14,19H,2-4,7,10-11H2,1H3,(H,20,22)/t14-/m0/s1. The number of carbonyl (C=O) groups is 1. The van der Waals surface area contributed by atoms with Crippen LogP contribution >= 0.6 is 0 Å². The molecule has 2 aromatic rings. The summed E-state index contributed by atoms with van der Waals surface area (Å²) in [5.41, 5.74) is 1.37. The van der Waals surface area contributed by atoms with E-state index in [4.69, 9.17) is 13.9 Å². The smallest absolute Gasteiger partial charge is 0.411 e. The third-order valence-electron chi connectivity index (χ3n) is 4.06. The lowest BCUT2D eigenvalue weighted by Crippen LogP contribution is -2.26. The number of ether oxygens (including phenoxy) is 2. The average molecular weight is 346 g/mol. The van der Waals surface area contributed by atoms with E-state index in [2.05, 4.69) is 10.6 Å². The molecule has 25 heavy (non-hydrogen) atoms. The van der Waals surface area contributed by atoms with E-state index in [0.717, 1.165) is 36.9 Å². The summed E-state index contributed by atoms with van der Waals surface area (Å²) >= 11 is 0. The minimum Gasteiger partial charge on any atom is -0.450 e. The molecule has 1 aromatic heterocycles. The SMILES string of the molecule is CCOC(=O)Nc1ccc2c(CNC[C@@H]3CCCO3)cc(=O)oc2c1. The molecule has 2 N–H and O–H groups in total. The Morgan fingerprint density at radius 2 is 2.24 bits per heavy atom. The topological polar surface area (TPSA) is 89.8 Å². The molecule has 0 aliphatic carbocycles. The fourth-order valence-electron chi connectivity index (χ4n) is 2.91. The summed E-state index contributed by atoms with van der Waals surface area (Å²) in [5, 5.41) is 6.76. The van der Waals surface area contributed by atoms with E-state index in [1.54, 1.807) is 19.1 Å². The Labute approximate surface area is 145 Å². The monoisotopic (exact) mass is 346 g/mol. The molecule has 1 saturated heterocycles. The highest BCUT2D eigenvalue weighted by atomic mass is 16.5. The Bertz CT molecular complexity index is 796. The Kier molecular flexibility index (Phi) is 5.67. The van der Waals surface area contributed by atoms with Gasteiger partial charge in [0.25, 0.3) is 0 Å². The second-order valence-electron chi connectivity index (χ2n) is 5.91. The van der Waals surface area contributed by atoms with Crippen LogP contribution in [0.3, 0.4) is 0 Å². The second kappa shape index (κ2) is 8.13.